The van der Waals surface area contributed by atoms with Crippen LogP contribution in [0.5, 0.6) is 0 Å². The van der Waals surface area contributed by atoms with Gasteiger partial charge in [0.1, 0.15) is 0 Å². The molecular weight excluding hydrogens is 234 g/mol. The fourth-order valence-electron chi connectivity index (χ4n) is 1.49. The minimum Gasteiger partial charge on any atom is -0.383 e. The molecule has 6 heteroatoms. The quantitative estimate of drug-likeness (QED) is 0.577. The number of nitrogens with one attached hydrogen (secondary N) is 1. The van der Waals surface area contributed by atoms with Crippen LogP contribution in [0.25, 0.3) is 0 Å². The van der Waals surface area contributed by atoms with Gasteiger partial charge >= 0.3 is 0 Å². The zero-order valence-corrected chi connectivity index (χ0v) is 11.2. The second-order valence-electron chi connectivity index (χ2n) is 3.85. The highest BCUT2D eigenvalue weighted by molar-refractivity contribution is 4.97. The van der Waals surface area contributed by atoms with Gasteiger partial charge in [-0.05, 0) is 0 Å². The van der Waals surface area contributed by atoms with Crippen LogP contribution in [0, 0.1) is 0 Å². The van der Waals surface area contributed by atoms with Crippen molar-refractivity contribution in [1.82, 2.24) is 14.9 Å². The van der Waals surface area contributed by atoms with Crippen LogP contribution < -0.4 is 5.32 Å². The van der Waals surface area contributed by atoms with Gasteiger partial charge in [0.2, 0.25) is 0 Å². The van der Waals surface area contributed by atoms with Crippen molar-refractivity contribution in [2.45, 2.75) is 13.1 Å². The molecule has 1 heterocycles. The number of nitrogens with zero attached hydrogens (tertiary/aromatic N) is 2. The molecule has 104 valence electrons. The predicted molar refractivity (Wildman–Crippen MR) is 68.5 cm³/mol. The first-order valence-electron chi connectivity index (χ1n) is 6.13. The molecule has 0 radical (unpaired) electrons. The predicted octanol–water partition coefficient (Wildman–Crippen LogP) is 0.282. The minimum absolute atomic E-state index is 0.632. The Hall–Kier alpha value is -0.950. The van der Waals surface area contributed by atoms with Gasteiger partial charge in [0.05, 0.1) is 38.4 Å². The zero-order valence-electron chi connectivity index (χ0n) is 11.2. The maximum Gasteiger partial charge on any atom is 0.0949 e. The SMILES string of the molecule is COCCNCc1cncn1CCOCCOC. The summed E-state index contributed by atoms with van der Waals surface area (Å²) in [5, 5.41) is 3.29. The van der Waals surface area contributed by atoms with Crippen LogP contribution in [0.3, 0.4) is 0 Å². The summed E-state index contributed by atoms with van der Waals surface area (Å²) in [4.78, 5) is 4.15. The molecule has 1 aromatic heterocycles. The van der Waals surface area contributed by atoms with E-state index in [0.717, 1.165) is 25.3 Å². The minimum atomic E-state index is 0.632. The summed E-state index contributed by atoms with van der Waals surface area (Å²) in [7, 11) is 3.37. The van der Waals surface area contributed by atoms with E-state index in [4.69, 9.17) is 14.2 Å². The average molecular weight is 257 g/mol. The lowest BCUT2D eigenvalue weighted by Crippen LogP contribution is -2.21. The molecular formula is C12H23N3O3. The lowest BCUT2D eigenvalue weighted by molar-refractivity contribution is 0.0663. The van der Waals surface area contributed by atoms with E-state index in [-0.39, 0.29) is 0 Å². The monoisotopic (exact) mass is 257 g/mol. The number of hydrogen-bond donors (Lipinski definition) is 1. The fourth-order valence-corrected chi connectivity index (χ4v) is 1.49. The standard InChI is InChI=1S/C12H23N3O3/c1-16-5-3-13-9-12-10-14-11-15(12)4-6-18-8-7-17-2/h10-11,13H,3-9H2,1-2H3. The molecule has 0 fully saturated rings. The third kappa shape index (κ3) is 6.11. The van der Waals surface area contributed by atoms with Gasteiger partial charge in [0.25, 0.3) is 0 Å². The van der Waals surface area contributed by atoms with Gasteiger partial charge in [-0.3, -0.25) is 0 Å². The van der Waals surface area contributed by atoms with E-state index in [1.807, 2.05) is 12.5 Å². The molecule has 0 aromatic carbocycles. The molecule has 0 atom stereocenters. The summed E-state index contributed by atoms with van der Waals surface area (Å²) < 4.78 is 17.4. The van der Waals surface area contributed by atoms with Crippen molar-refractivity contribution in [3.8, 4) is 0 Å². The Morgan fingerprint density at radius 3 is 2.78 bits per heavy atom. The third-order valence-electron chi connectivity index (χ3n) is 2.50. The highest BCUT2D eigenvalue weighted by Gasteiger charge is 2.01. The van der Waals surface area contributed by atoms with E-state index in [0.29, 0.717) is 26.4 Å². The Morgan fingerprint density at radius 1 is 1.17 bits per heavy atom. The first kappa shape index (κ1) is 15.1. The van der Waals surface area contributed by atoms with Gasteiger partial charge in [0.15, 0.2) is 0 Å². The first-order chi connectivity index (χ1) is 8.88. The topological polar surface area (TPSA) is 57.5 Å². The summed E-state index contributed by atoms with van der Waals surface area (Å²) in [6, 6.07) is 0. The van der Waals surface area contributed by atoms with Crippen LogP contribution in [0.15, 0.2) is 12.5 Å². The molecule has 6 nitrogen and oxygen atoms in total. The van der Waals surface area contributed by atoms with Crippen molar-refractivity contribution in [3.05, 3.63) is 18.2 Å². The molecule has 0 saturated heterocycles. The van der Waals surface area contributed by atoms with E-state index in [2.05, 4.69) is 14.9 Å². The highest BCUT2D eigenvalue weighted by atomic mass is 16.5. The zero-order chi connectivity index (χ0) is 13.1. The van der Waals surface area contributed by atoms with E-state index in [1.165, 1.54) is 0 Å². The van der Waals surface area contributed by atoms with Gasteiger partial charge in [0, 0.05) is 40.1 Å². The van der Waals surface area contributed by atoms with Gasteiger partial charge in [-0.2, -0.15) is 0 Å². The first-order valence-corrected chi connectivity index (χ1v) is 6.13. The van der Waals surface area contributed by atoms with Crippen molar-refractivity contribution in [3.63, 3.8) is 0 Å². The number of imidazole rings is 1. The molecule has 1 aromatic rings. The summed E-state index contributed by atoms with van der Waals surface area (Å²) >= 11 is 0. The molecule has 0 saturated carbocycles. The molecule has 1 rings (SSSR count). The van der Waals surface area contributed by atoms with Crippen molar-refractivity contribution in [1.29, 1.82) is 0 Å². The van der Waals surface area contributed by atoms with E-state index >= 15 is 0 Å². The van der Waals surface area contributed by atoms with Gasteiger partial charge in [-0.15, -0.1) is 0 Å². The number of rotatable bonds is 11. The molecule has 0 aliphatic carbocycles. The number of hydrogen-bond acceptors (Lipinski definition) is 5. The van der Waals surface area contributed by atoms with Crippen molar-refractivity contribution in [2.24, 2.45) is 0 Å². The maximum absolute atomic E-state index is 5.43. The molecule has 18 heavy (non-hydrogen) atoms. The van der Waals surface area contributed by atoms with Crippen LogP contribution >= 0.6 is 0 Å². The Labute approximate surface area is 108 Å². The number of aromatic nitrogens is 2. The lowest BCUT2D eigenvalue weighted by atomic mass is 10.4. The molecule has 0 bridgehead atoms. The Balaban J connectivity index is 2.18. The molecule has 0 unspecified atom stereocenters. The van der Waals surface area contributed by atoms with Gasteiger partial charge < -0.3 is 24.1 Å². The summed E-state index contributed by atoms with van der Waals surface area (Å²) in [5.74, 6) is 0. The Bertz CT molecular complexity index is 305. The van der Waals surface area contributed by atoms with E-state index in [1.54, 1.807) is 14.2 Å². The largest absolute Gasteiger partial charge is 0.383 e. The molecule has 1 N–H and O–H groups in total. The Kier molecular flexibility index (Phi) is 8.41. The molecule has 0 aliphatic rings. The van der Waals surface area contributed by atoms with Crippen molar-refractivity contribution < 1.29 is 14.2 Å². The van der Waals surface area contributed by atoms with Crippen LogP contribution in [-0.2, 0) is 27.3 Å². The molecule has 0 aliphatic heterocycles. The summed E-state index contributed by atoms with van der Waals surface area (Å²) in [5.41, 5.74) is 1.15. The third-order valence-corrected chi connectivity index (χ3v) is 2.50. The fraction of sp³-hybridized carbons (Fsp3) is 0.750. The Morgan fingerprint density at radius 2 is 2.00 bits per heavy atom. The number of methoxy groups -OCH3 is 2. The second-order valence-corrected chi connectivity index (χ2v) is 3.85. The summed E-state index contributed by atoms with van der Waals surface area (Å²) in [6.07, 6.45) is 3.70. The van der Waals surface area contributed by atoms with E-state index < -0.39 is 0 Å². The van der Waals surface area contributed by atoms with Gasteiger partial charge in [-0.1, -0.05) is 0 Å². The average Bonchev–Trinajstić information content (AvgIpc) is 2.82. The van der Waals surface area contributed by atoms with Crippen molar-refractivity contribution >= 4 is 0 Å². The van der Waals surface area contributed by atoms with Gasteiger partial charge in [-0.25, -0.2) is 4.98 Å². The van der Waals surface area contributed by atoms with Crippen LogP contribution in [0.1, 0.15) is 5.69 Å². The normalized spacial score (nSPS) is 11.0. The number of ether oxygens (including phenoxy) is 3. The van der Waals surface area contributed by atoms with Crippen LogP contribution in [0.4, 0.5) is 0 Å². The van der Waals surface area contributed by atoms with E-state index in [9.17, 15) is 0 Å². The maximum atomic E-state index is 5.43. The highest BCUT2D eigenvalue weighted by Crippen LogP contribution is 1.98. The smallest absolute Gasteiger partial charge is 0.0949 e. The molecule has 0 amide bonds. The summed E-state index contributed by atoms with van der Waals surface area (Å²) in [6.45, 7) is 5.10. The molecule has 0 spiro atoms. The lowest BCUT2D eigenvalue weighted by Gasteiger charge is -2.09. The second kappa shape index (κ2) is 10.0. The van der Waals surface area contributed by atoms with Crippen LogP contribution in [-0.4, -0.2) is 56.7 Å². The van der Waals surface area contributed by atoms with Crippen molar-refractivity contribution in [2.75, 3.05) is 47.2 Å². The van der Waals surface area contributed by atoms with Crippen LogP contribution in [0.2, 0.25) is 0 Å².